The van der Waals surface area contributed by atoms with Crippen LogP contribution in [0.5, 0.6) is 0 Å². The molecule has 0 aliphatic rings. The first-order valence-corrected chi connectivity index (χ1v) is 5.15. The first-order chi connectivity index (χ1) is 6.67. The van der Waals surface area contributed by atoms with Crippen molar-refractivity contribution in [3.05, 3.63) is 0 Å². The third-order valence-electron chi connectivity index (χ3n) is 1.99. The van der Waals surface area contributed by atoms with E-state index in [-0.39, 0.29) is 6.04 Å². The Balaban J connectivity index is 0. The fourth-order valence-electron chi connectivity index (χ4n) is 1.03. The van der Waals surface area contributed by atoms with E-state index < -0.39 is 0 Å². The molecule has 0 aliphatic carbocycles. The SMILES string of the molecule is CCC(NC)C(N)CN.CNCCN. The number of rotatable bonds is 6. The Morgan fingerprint density at radius 2 is 1.79 bits per heavy atom. The second-order valence-electron chi connectivity index (χ2n) is 3.10. The van der Waals surface area contributed by atoms with Crippen LogP contribution in [0, 0.1) is 0 Å². The van der Waals surface area contributed by atoms with E-state index in [2.05, 4.69) is 17.6 Å². The molecule has 14 heavy (non-hydrogen) atoms. The summed E-state index contributed by atoms with van der Waals surface area (Å²) < 4.78 is 0. The normalized spacial score (nSPS) is 14.1. The molecule has 0 saturated carbocycles. The van der Waals surface area contributed by atoms with Crippen LogP contribution < -0.4 is 27.8 Å². The zero-order chi connectivity index (χ0) is 11.4. The summed E-state index contributed by atoms with van der Waals surface area (Å²) in [6.45, 7) is 4.30. The molecule has 0 radical (unpaired) electrons. The highest BCUT2D eigenvalue weighted by Crippen LogP contribution is 1.92. The molecule has 0 rings (SSSR count). The Bertz CT molecular complexity index is 93.2. The van der Waals surface area contributed by atoms with E-state index >= 15 is 0 Å². The van der Waals surface area contributed by atoms with Crippen molar-refractivity contribution in [3.63, 3.8) is 0 Å². The van der Waals surface area contributed by atoms with Gasteiger partial charge in [-0.15, -0.1) is 0 Å². The third kappa shape index (κ3) is 9.88. The van der Waals surface area contributed by atoms with Crippen LogP contribution >= 0.6 is 0 Å². The van der Waals surface area contributed by atoms with Gasteiger partial charge in [-0.3, -0.25) is 0 Å². The number of hydrogen-bond acceptors (Lipinski definition) is 5. The Labute approximate surface area is 87.8 Å². The van der Waals surface area contributed by atoms with Gasteiger partial charge in [0.25, 0.3) is 0 Å². The van der Waals surface area contributed by atoms with E-state index in [0.717, 1.165) is 19.5 Å². The van der Waals surface area contributed by atoms with Gasteiger partial charge in [0.05, 0.1) is 0 Å². The topological polar surface area (TPSA) is 102 Å². The molecule has 0 aliphatic heterocycles. The van der Waals surface area contributed by atoms with Crippen LogP contribution in [0.3, 0.4) is 0 Å². The molecule has 5 heteroatoms. The van der Waals surface area contributed by atoms with Gasteiger partial charge in [0.15, 0.2) is 0 Å². The van der Waals surface area contributed by atoms with Crippen LogP contribution in [0.2, 0.25) is 0 Å². The van der Waals surface area contributed by atoms with Crippen LogP contribution in [0.4, 0.5) is 0 Å². The van der Waals surface area contributed by atoms with E-state index in [1.54, 1.807) is 0 Å². The number of likely N-dealkylation sites (N-methyl/N-ethyl adjacent to an activating group) is 2. The highest BCUT2D eigenvalue weighted by molar-refractivity contribution is 4.76. The average molecular weight is 205 g/mol. The molecule has 0 fully saturated rings. The summed E-state index contributed by atoms with van der Waals surface area (Å²) in [6.07, 6.45) is 1.04. The molecule has 0 spiro atoms. The van der Waals surface area contributed by atoms with Gasteiger partial charge in [-0.1, -0.05) is 6.92 Å². The molecule has 0 amide bonds. The lowest BCUT2D eigenvalue weighted by atomic mass is 10.1. The van der Waals surface area contributed by atoms with Gasteiger partial charge in [0.1, 0.15) is 0 Å². The van der Waals surface area contributed by atoms with Crippen LogP contribution in [-0.2, 0) is 0 Å². The largest absolute Gasteiger partial charge is 0.329 e. The van der Waals surface area contributed by atoms with Crippen molar-refractivity contribution in [2.24, 2.45) is 17.2 Å². The molecular weight excluding hydrogens is 178 g/mol. The van der Waals surface area contributed by atoms with Gasteiger partial charge in [-0.25, -0.2) is 0 Å². The second kappa shape index (κ2) is 12.8. The molecule has 0 aromatic carbocycles. The summed E-state index contributed by atoms with van der Waals surface area (Å²) in [5.41, 5.74) is 16.1. The van der Waals surface area contributed by atoms with Crippen LogP contribution in [0.15, 0.2) is 0 Å². The minimum absolute atomic E-state index is 0.0972. The van der Waals surface area contributed by atoms with E-state index in [4.69, 9.17) is 17.2 Å². The lowest BCUT2D eigenvalue weighted by Gasteiger charge is -2.19. The van der Waals surface area contributed by atoms with E-state index in [9.17, 15) is 0 Å². The minimum atomic E-state index is 0.0972. The zero-order valence-electron chi connectivity index (χ0n) is 9.72. The smallest absolute Gasteiger partial charge is 0.0319 e. The highest BCUT2D eigenvalue weighted by Gasteiger charge is 2.10. The predicted molar refractivity (Wildman–Crippen MR) is 63.1 cm³/mol. The van der Waals surface area contributed by atoms with Gasteiger partial charge in [-0.05, 0) is 20.5 Å². The summed E-state index contributed by atoms with van der Waals surface area (Å²) in [5.74, 6) is 0. The van der Waals surface area contributed by atoms with Gasteiger partial charge in [0.2, 0.25) is 0 Å². The summed E-state index contributed by atoms with van der Waals surface area (Å²) in [5, 5.41) is 5.99. The Morgan fingerprint density at radius 3 is 1.86 bits per heavy atom. The Morgan fingerprint density at radius 1 is 1.21 bits per heavy atom. The molecule has 88 valence electrons. The Kier molecular flexibility index (Phi) is 14.8. The van der Waals surface area contributed by atoms with Crippen molar-refractivity contribution >= 4 is 0 Å². The van der Waals surface area contributed by atoms with Crippen molar-refractivity contribution in [2.45, 2.75) is 25.4 Å². The highest BCUT2D eigenvalue weighted by atomic mass is 14.9. The monoisotopic (exact) mass is 205 g/mol. The summed E-state index contributed by atoms with van der Waals surface area (Å²) in [4.78, 5) is 0. The molecule has 2 atom stereocenters. The van der Waals surface area contributed by atoms with E-state index in [0.29, 0.717) is 12.6 Å². The van der Waals surface area contributed by atoms with E-state index in [1.165, 1.54) is 0 Å². The summed E-state index contributed by atoms with van der Waals surface area (Å²) in [6, 6.07) is 0.468. The van der Waals surface area contributed by atoms with Gasteiger partial charge in [-0.2, -0.15) is 0 Å². The lowest BCUT2D eigenvalue weighted by molar-refractivity contribution is 0.452. The molecule has 8 N–H and O–H groups in total. The fourth-order valence-corrected chi connectivity index (χ4v) is 1.03. The van der Waals surface area contributed by atoms with Crippen molar-refractivity contribution in [3.8, 4) is 0 Å². The predicted octanol–water partition coefficient (Wildman–Crippen LogP) is -1.57. The zero-order valence-corrected chi connectivity index (χ0v) is 9.72. The molecule has 0 aromatic heterocycles. The molecule has 5 nitrogen and oxygen atoms in total. The quantitative estimate of drug-likeness (QED) is 0.361. The standard InChI is InChI=1S/C6H17N3.C3H10N2/c1-3-6(9-2)5(8)4-7;1-5-3-2-4/h5-6,9H,3-4,7-8H2,1-2H3;5H,2-4H2,1H3. The Hall–Kier alpha value is -0.200. The molecule has 0 heterocycles. The number of hydrogen-bond donors (Lipinski definition) is 5. The number of nitrogens with one attached hydrogen (secondary N) is 2. The van der Waals surface area contributed by atoms with Gasteiger partial charge in [0, 0.05) is 31.7 Å². The van der Waals surface area contributed by atoms with Crippen LogP contribution in [-0.4, -0.2) is 45.8 Å². The maximum absolute atomic E-state index is 5.65. The van der Waals surface area contributed by atoms with Crippen molar-refractivity contribution in [2.75, 3.05) is 33.7 Å². The minimum Gasteiger partial charge on any atom is -0.329 e. The third-order valence-corrected chi connectivity index (χ3v) is 1.99. The summed E-state index contributed by atoms with van der Waals surface area (Å²) in [7, 11) is 3.79. The molecule has 0 aromatic rings. The van der Waals surface area contributed by atoms with E-state index in [1.807, 2.05) is 14.1 Å². The van der Waals surface area contributed by atoms with Crippen LogP contribution in [0.25, 0.3) is 0 Å². The molecule has 2 unspecified atom stereocenters. The second-order valence-corrected chi connectivity index (χ2v) is 3.10. The summed E-state index contributed by atoms with van der Waals surface area (Å²) >= 11 is 0. The first-order valence-electron chi connectivity index (χ1n) is 5.15. The van der Waals surface area contributed by atoms with Crippen molar-refractivity contribution in [1.82, 2.24) is 10.6 Å². The maximum atomic E-state index is 5.65. The molecule has 0 saturated heterocycles. The fraction of sp³-hybridized carbons (Fsp3) is 1.00. The molecular formula is C9H27N5. The van der Waals surface area contributed by atoms with Crippen molar-refractivity contribution in [1.29, 1.82) is 0 Å². The molecule has 0 bridgehead atoms. The number of nitrogens with two attached hydrogens (primary N) is 3. The lowest BCUT2D eigenvalue weighted by Crippen LogP contribution is -2.47. The van der Waals surface area contributed by atoms with Gasteiger partial charge < -0.3 is 27.8 Å². The van der Waals surface area contributed by atoms with Crippen molar-refractivity contribution < 1.29 is 0 Å². The van der Waals surface area contributed by atoms with Gasteiger partial charge >= 0.3 is 0 Å². The average Bonchev–Trinajstić information content (AvgIpc) is 2.21. The van der Waals surface area contributed by atoms with Crippen LogP contribution in [0.1, 0.15) is 13.3 Å². The first kappa shape index (κ1) is 16.2. The maximum Gasteiger partial charge on any atom is 0.0319 e.